The third-order valence-electron chi connectivity index (χ3n) is 2.10. The van der Waals surface area contributed by atoms with E-state index in [0.29, 0.717) is 10.4 Å². The van der Waals surface area contributed by atoms with Gasteiger partial charge in [0.25, 0.3) is 0 Å². The molecule has 0 aromatic carbocycles. The van der Waals surface area contributed by atoms with Crippen molar-refractivity contribution < 1.29 is 19.5 Å². The van der Waals surface area contributed by atoms with Gasteiger partial charge in [0, 0.05) is 11.8 Å². The van der Waals surface area contributed by atoms with E-state index in [0.717, 1.165) is 0 Å². The minimum absolute atomic E-state index is 0.115. The number of aromatic nitrogens is 4. The third kappa shape index (κ3) is 3.10. The molecule has 100 valence electrons. The maximum atomic E-state index is 10.9. The summed E-state index contributed by atoms with van der Waals surface area (Å²) in [6.07, 6.45) is 1.46. The highest BCUT2D eigenvalue weighted by molar-refractivity contribution is 6.29. The lowest BCUT2D eigenvalue weighted by Crippen LogP contribution is -2.13. The molecule has 0 radical (unpaired) electrons. The minimum atomic E-state index is -0.581. The molecule has 0 spiro atoms. The number of ether oxygens (including phenoxy) is 2. The molecule has 2 aromatic rings. The van der Waals surface area contributed by atoms with E-state index < -0.39 is 5.97 Å². The Morgan fingerprint density at radius 2 is 2.37 bits per heavy atom. The molecule has 0 bridgehead atoms. The van der Waals surface area contributed by atoms with Crippen molar-refractivity contribution in [1.29, 1.82) is 0 Å². The topological polar surface area (TPSA) is 99.4 Å². The molecule has 0 saturated heterocycles. The van der Waals surface area contributed by atoms with Crippen LogP contribution in [-0.4, -0.2) is 44.8 Å². The normalized spacial score (nSPS) is 10.2. The van der Waals surface area contributed by atoms with Crippen molar-refractivity contribution in [3.8, 4) is 17.4 Å². The summed E-state index contributed by atoms with van der Waals surface area (Å²) in [6.45, 7) is -0.350. The van der Waals surface area contributed by atoms with Gasteiger partial charge < -0.3 is 14.7 Å². The molecule has 0 aliphatic rings. The van der Waals surface area contributed by atoms with Gasteiger partial charge in [-0.15, -0.1) is 0 Å². The van der Waals surface area contributed by atoms with Crippen LogP contribution in [0.2, 0.25) is 5.15 Å². The first-order chi connectivity index (χ1) is 9.10. The van der Waals surface area contributed by atoms with E-state index in [4.69, 9.17) is 16.3 Å². The summed E-state index contributed by atoms with van der Waals surface area (Å²) in [5.41, 5.74) is 0.503. The monoisotopic (exact) mass is 284 g/mol. The van der Waals surface area contributed by atoms with Crippen molar-refractivity contribution in [2.24, 2.45) is 0 Å². The zero-order valence-electron chi connectivity index (χ0n) is 9.78. The van der Waals surface area contributed by atoms with Gasteiger partial charge in [0.15, 0.2) is 6.61 Å². The van der Waals surface area contributed by atoms with Crippen molar-refractivity contribution in [1.82, 2.24) is 19.9 Å². The van der Waals surface area contributed by atoms with Crippen molar-refractivity contribution in [3.05, 3.63) is 23.5 Å². The molecule has 0 aliphatic heterocycles. The summed E-state index contributed by atoms with van der Waals surface area (Å²) in [5.74, 6) is -0.466. The number of carbonyl (C=O) groups excluding carboxylic acids is 1. The van der Waals surface area contributed by atoms with E-state index in [1.807, 2.05) is 0 Å². The fourth-order valence-corrected chi connectivity index (χ4v) is 1.43. The van der Waals surface area contributed by atoms with Crippen molar-refractivity contribution in [2.45, 2.75) is 0 Å². The number of pyridine rings is 1. The summed E-state index contributed by atoms with van der Waals surface area (Å²) in [4.78, 5) is 19.1. The molecular formula is C10H9ClN4O4. The van der Waals surface area contributed by atoms with E-state index in [1.54, 1.807) is 6.07 Å². The number of halogens is 1. The molecule has 0 amide bonds. The lowest BCUT2D eigenvalue weighted by molar-refractivity contribution is -0.143. The maximum Gasteiger partial charge on any atom is 0.344 e. The van der Waals surface area contributed by atoms with Crippen LogP contribution in [0.1, 0.15) is 0 Å². The summed E-state index contributed by atoms with van der Waals surface area (Å²) in [6, 6.07) is 2.94. The van der Waals surface area contributed by atoms with E-state index in [1.165, 1.54) is 19.4 Å². The fourth-order valence-electron chi connectivity index (χ4n) is 1.25. The van der Waals surface area contributed by atoms with Crippen LogP contribution in [0.3, 0.4) is 0 Å². The molecule has 0 saturated carbocycles. The molecule has 2 rings (SSSR count). The smallest absolute Gasteiger partial charge is 0.344 e. The Bertz CT molecular complexity index is 601. The molecule has 8 nitrogen and oxygen atoms in total. The lowest BCUT2D eigenvalue weighted by Gasteiger charge is -1.98. The van der Waals surface area contributed by atoms with Gasteiger partial charge in [-0.25, -0.2) is 9.78 Å². The van der Waals surface area contributed by atoms with Crippen molar-refractivity contribution in [3.63, 3.8) is 0 Å². The summed E-state index contributed by atoms with van der Waals surface area (Å²) < 4.78 is 9.34. The lowest BCUT2D eigenvalue weighted by atomic mass is 10.2. The molecule has 2 heterocycles. The van der Waals surface area contributed by atoms with Crippen LogP contribution in [0, 0.1) is 0 Å². The maximum absolute atomic E-state index is 10.9. The van der Waals surface area contributed by atoms with Crippen LogP contribution in [-0.2, 0) is 9.53 Å². The number of methoxy groups -OCH3 is 1. The highest BCUT2D eigenvalue weighted by atomic mass is 35.5. The Kier molecular flexibility index (Phi) is 3.81. The van der Waals surface area contributed by atoms with Crippen LogP contribution < -0.4 is 4.74 Å². The van der Waals surface area contributed by atoms with Gasteiger partial charge in [0.1, 0.15) is 5.15 Å². The first kappa shape index (κ1) is 13.1. The molecule has 0 fully saturated rings. The average molecular weight is 285 g/mol. The average Bonchev–Trinajstić information content (AvgIpc) is 2.77. The van der Waals surface area contributed by atoms with E-state index in [9.17, 15) is 10.0 Å². The highest BCUT2D eigenvalue weighted by Crippen LogP contribution is 2.20. The standard InChI is InChI=1S/C10H9ClN4O4/c1-18-8(16)5-19-10-13-9(15(17)14-10)6-2-3-12-7(11)4-6/h2-4,17H,5H2,1H3. The molecule has 0 unspecified atom stereocenters. The Morgan fingerprint density at radius 3 is 3.05 bits per heavy atom. The van der Waals surface area contributed by atoms with Crippen molar-refractivity contribution in [2.75, 3.05) is 13.7 Å². The van der Waals surface area contributed by atoms with Crippen molar-refractivity contribution >= 4 is 17.6 Å². The quantitative estimate of drug-likeness (QED) is 0.503. The minimum Gasteiger partial charge on any atom is -0.466 e. The SMILES string of the molecule is COC(=O)COc1nc(-c2ccnc(Cl)c2)n(O)n1. The first-order valence-electron chi connectivity index (χ1n) is 5.08. The number of carbonyl (C=O) groups is 1. The van der Waals surface area contributed by atoms with Crippen LogP contribution >= 0.6 is 11.6 Å². The molecule has 0 aliphatic carbocycles. The molecular weight excluding hydrogens is 276 g/mol. The highest BCUT2D eigenvalue weighted by Gasteiger charge is 2.14. The molecule has 0 atom stereocenters. The summed E-state index contributed by atoms with van der Waals surface area (Å²) in [7, 11) is 1.23. The van der Waals surface area contributed by atoms with E-state index in [-0.39, 0.29) is 23.6 Å². The molecule has 2 aromatic heterocycles. The summed E-state index contributed by atoms with van der Waals surface area (Å²) >= 11 is 5.73. The predicted molar refractivity (Wildman–Crippen MR) is 63.0 cm³/mol. The van der Waals surface area contributed by atoms with Crippen LogP contribution in [0.15, 0.2) is 18.3 Å². The van der Waals surface area contributed by atoms with Crippen LogP contribution in [0.25, 0.3) is 11.4 Å². The van der Waals surface area contributed by atoms with Crippen LogP contribution in [0.4, 0.5) is 0 Å². The number of hydrogen-bond donors (Lipinski definition) is 1. The Morgan fingerprint density at radius 1 is 1.58 bits per heavy atom. The zero-order valence-corrected chi connectivity index (χ0v) is 10.5. The molecule has 1 N–H and O–H groups in total. The number of nitrogens with zero attached hydrogens (tertiary/aromatic N) is 4. The first-order valence-corrected chi connectivity index (χ1v) is 5.46. The van der Waals surface area contributed by atoms with E-state index in [2.05, 4.69) is 19.8 Å². The van der Waals surface area contributed by atoms with Gasteiger partial charge in [-0.1, -0.05) is 21.5 Å². The second kappa shape index (κ2) is 5.53. The Balaban J connectivity index is 2.19. The fraction of sp³-hybridized carbons (Fsp3) is 0.200. The Labute approximate surface area is 112 Å². The van der Waals surface area contributed by atoms with Gasteiger partial charge in [-0.05, 0) is 12.1 Å². The second-order valence-electron chi connectivity index (χ2n) is 3.34. The summed E-state index contributed by atoms with van der Waals surface area (Å²) in [5, 5.41) is 13.4. The number of esters is 1. The van der Waals surface area contributed by atoms with Gasteiger partial charge in [0.2, 0.25) is 5.82 Å². The molecule has 19 heavy (non-hydrogen) atoms. The third-order valence-corrected chi connectivity index (χ3v) is 2.31. The largest absolute Gasteiger partial charge is 0.466 e. The van der Waals surface area contributed by atoms with Gasteiger partial charge in [-0.3, -0.25) is 0 Å². The second-order valence-corrected chi connectivity index (χ2v) is 3.73. The Hall–Kier alpha value is -2.35. The zero-order chi connectivity index (χ0) is 13.8. The van der Waals surface area contributed by atoms with Gasteiger partial charge in [-0.2, -0.15) is 4.98 Å². The predicted octanol–water partition coefficient (Wildman–Crippen LogP) is 0.783. The number of rotatable bonds is 4. The van der Waals surface area contributed by atoms with Gasteiger partial charge in [0.05, 0.1) is 7.11 Å². The molecule has 9 heteroatoms. The van der Waals surface area contributed by atoms with E-state index >= 15 is 0 Å². The van der Waals surface area contributed by atoms with Crippen LogP contribution in [0.5, 0.6) is 6.01 Å². The van der Waals surface area contributed by atoms with Gasteiger partial charge >= 0.3 is 12.0 Å². The number of hydrogen-bond acceptors (Lipinski definition) is 7.